The van der Waals surface area contributed by atoms with E-state index in [4.69, 9.17) is 0 Å². The molecule has 30 heavy (non-hydrogen) atoms. The van der Waals surface area contributed by atoms with Gasteiger partial charge in [0.15, 0.2) is 4.90 Å². The SMILES string of the molecule is O=C(CCN1CCN(S(=O)(=O)c2ccccc2[N+](=O)[O-])CC1)Nc1cccc(F)c1. The number of nitro benzene ring substituents is 1. The quantitative estimate of drug-likeness (QED) is 0.525. The van der Waals surface area contributed by atoms with Crippen molar-refractivity contribution in [1.29, 1.82) is 0 Å². The van der Waals surface area contributed by atoms with Crippen LogP contribution < -0.4 is 5.32 Å². The highest BCUT2D eigenvalue weighted by Crippen LogP contribution is 2.26. The predicted octanol–water partition coefficient (Wildman–Crippen LogP) is 2.07. The Bertz CT molecular complexity index is 1040. The van der Waals surface area contributed by atoms with Crippen LogP contribution in [0.1, 0.15) is 6.42 Å². The number of carbonyl (C=O) groups is 1. The molecule has 11 heteroatoms. The van der Waals surface area contributed by atoms with Gasteiger partial charge in [0.2, 0.25) is 15.9 Å². The van der Waals surface area contributed by atoms with Crippen molar-refractivity contribution in [3.63, 3.8) is 0 Å². The normalized spacial score (nSPS) is 15.6. The van der Waals surface area contributed by atoms with Crippen LogP contribution in [0.4, 0.5) is 15.8 Å². The van der Waals surface area contributed by atoms with E-state index in [1.165, 1.54) is 46.8 Å². The summed E-state index contributed by atoms with van der Waals surface area (Å²) in [5.41, 5.74) is -0.0747. The van der Waals surface area contributed by atoms with Crippen molar-refractivity contribution in [2.45, 2.75) is 11.3 Å². The second-order valence-electron chi connectivity index (χ2n) is 6.78. The summed E-state index contributed by atoms with van der Waals surface area (Å²) in [5, 5.41) is 13.8. The summed E-state index contributed by atoms with van der Waals surface area (Å²) < 4.78 is 40.0. The molecule has 0 bridgehead atoms. The molecule has 1 aliphatic rings. The van der Waals surface area contributed by atoms with Gasteiger partial charge in [-0.1, -0.05) is 18.2 Å². The number of benzene rings is 2. The number of para-hydroxylation sites is 1. The minimum Gasteiger partial charge on any atom is -0.326 e. The van der Waals surface area contributed by atoms with Crippen molar-refractivity contribution in [3.05, 3.63) is 64.5 Å². The van der Waals surface area contributed by atoms with Gasteiger partial charge in [0.05, 0.1) is 4.92 Å². The third-order valence-corrected chi connectivity index (χ3v) is 6.72. The first-order valence-electron chi connectivity index (χ1n) is 9.29. The number of nitrogens with one attached hydrogen (secondary N) is 1. The largest absolute Gasteiger partial charge is 0.326 e. The lowest BCUT2D eigenvalue weighted by atomic mass is 10.2. The van der Waals surface area contributed by atoms with Crippen molar-refractivity contribution in [2.24, 2.45) is 0 Å². The monoisotopic (exact) mass is 436 g/mol. The van der Waals surface area contributed by atoms with E-state index in [0.29, 0.717) is 25.3 Å². The number of hydrogen-bond donors (Lipinski definition) is 1. The summed E-state index contributed by atoms with van der Waals surface area (Å²) in [6.07, 6.45) is 0.174. The average molecular weight is 436 g/mol. The summed E-state index contributed by atoms with van der Waals surface area (Å²) in [4.78, 5) is 24.1. The molecule has 0 aromatic heterocycles. The van der Waals surface area contributed by atoms with Crippen LogP contribution in [0.25, 0.3) is 0 Å². The number of rotatable bonds is 7. The Morgan fingerprint density at radius 1 is 1.10 bits per heavy atom. The Morgan fingerprint density at radius 2 is 1.80 bits per heavy atom. The number of anilines is 1. The maximum absolute atomic E-state index is 13.2. The number of sulfonamides is 1. The van der Waals surface area contributed by atoms with E-state index in [0.717, 1.165) is 0 Å². The fourth-order valence-corrected chi connectivity index (χ4v) is 4.79. The van der Waals surface area contributed by atoms with Crippen LogP contribution in [0, 0.1) is 15.9 Å². The zero-order valence-electron chi connectivity index (χ0n) is 16.0. The average Bonchev–Trinajstić information content (AvgIpc) is 2.72. The van der Waals surface area contributed by atoms with Crippen LogP contribution in [0.15, 0.2) is 53.4 Å². The smallest absolute Gasteiger partial charge is 0.289 e. The van der Waals surface area contributed by atoms with Crippen LogP contribution in [-0.2, 0) is 14.8 Å². The molecule has 0 atom stereocenters. The topological polar surface area (TPSA) is 113 Å². The van der Waals surface area contributed by atoms with Gasteiger partial charge in [-0.15, -0.1) is 0 Å². The lowest BCUT2D eigenvalue weighted by Gasteiger charge is -2.33. The van der Waals surface area contributed by atoms with Gasteiger partial charge in [0.25, 0.3) is 5.69 Å². The molecule has 0 radical (unpaired) electrons. The van der Waals surface area contributed by atoms with Crippen LogP contribution in [0.5, 0.6) is 0 Å². The number of hydrogen-bond acceptors (Lipinski definition) is 6. The zero-order chi connectivity index (χ0) is 21.7. The van der Waals surface area contributed by atoms with Gasteiger partial charge >= 0.3 is 0 Å². The Balaban J connectivity index is 1.53. The van der Waals surface area contributed by atoms with Crippen LogP contribution in [-0.4, -0.2) is 61.2 Å². The Hall–Kier alpha value is -2.89. The number of amides is 1. The molecule has 0 spiro atoms. The first kappa shape index (κ1) is 21.8. The third kappa shape index (κ3) is 5.17. The molecule has 9 nitrogen and oxygen atoms in total. The van der Waals surface area contributed by atoms with Gasteiger partial charge in [-0.2, -0.15) is 4.31 Å². The van der Waals surface area contributed by atoms with E-state index in [1.807, 2.05) is 4.90 Å². The number of carbonyl (C=O) groups excluding carboxylic acids is 1. The highest BCUT2D eigenvalue weighted by molar-refractivity contribution is 7.89. The van der Waals surface area contributed by atoms with Crippen molar-refractivity contribution < 1.29 is 22.5 Å². The first-order valence-corrected chi connectivity index (χ1v) is 10.7. The van der Waals surface area contributed by atoms with Gasteiger partial charge in [-0.05, 0) is 24.3 Å². The van der Waals surface area contributed by atoms with E-state index in [1.54, 1.807) is 6.07 Å². The van der Waals surface area contributed by atoms with Crippen molar-refractivity contribution in [3.8, 4) is 0 Å². The van der Waals surface area contributed by atoms with Gasteiger partial charge in [0, 0.05) is 50.9 Å². The van der Waals surface area contributed by atoms with Crippen molar-refractivity contribution in [2.75, 3.05) is 38.0 Å². The van der Waals surface area contributed by atoms with E-state index in [-0.39, 0.29) is 30.3 Å². The highest BCUT2D eigenvalue weighted by Gasteiger charge is 2.33. The summed E-state index contributed by atoms with van der Waals surface area (Å²) >= 11 is 0. The highest BCUT2D eigenvalue weighted by atomic mass is 32.2. The molecule has 3 rings (SSSR count). The lowest BCUT2D eigenvalue weighted by molar-refractivity contribution is -0.387. The summed E-state index contributed by atoms with van der Waals surface area (Å²) in [5.74, 6) is -0.709. The minimum atomic E-state index is -3.99. The Morgan fingerprint density at radius 3 is 2.47 bits per heavy atom. The van der Waals surface area contributed by atoms with Gasteiger partial charge in [0.1, 0.15) is 5.82 Å². The number of halogens is 1. The van der Waals surface area contributed by atoms with Crippen LogP contribution in [0.3, 0.4) is 0 Å². The van der Waals surface area contributed by atoms with Gasteiger partial charge in [-0.25, -0.2) is 12.8 Å². The molecule has 0 unspecified atom stereocenters. The van der Waals surface area contributed by atoms with E-state index >= 15 is 0 Å². The van der Waals surface area contributed by atoms with Crippen LogP contribution in [0.2, 0.25) is 0 Å². The van der Waals surface area contributed by atoms with E-state index in [9.17, 15) is 27.7 Å². The molecule has 1 fully saturated rings. The number of nitrogens with zero attached hydrogens (tertiary/aromatic N) is 3. The first-order chi connectivity index (χ1) is 14.3. The standard InChI is InChI=1S/C19H21FN4O5S/c20-15-4-3-5-16(14-15)21-19(25)8-9-22-10-12-23(13-11-22)30(28,29)18-7-2-1-6-17(18)24(26)27/h1-7,14H,8-13H2,(H,21,25). The molecule has 2 aromatic carbocycles. The fraction of sp³-hybridized carbons (Fsp3) is 0.316. The summed E-state index contributed by atoms with van der Waals surface area (Å²) in [6, 6.07) is 10.9. The van der Waals surface area contributed by atoms with Gasteiger partial charge in [-0.3, -0.25) is 14.9 Å². The van der Waals surface area contributed by atoms with Gasteiger partial charge < -0.3 is 10.2 Å². The molecule has 2 aromatic rings. The molecule has 0 aliphatic carbocycles. The molecular weight excluding hydrogens is 415 g/mol. The summed E-state index contributed by atoms with van der Waals surface area (Å²) in [6.45, 7) is 1.54. The minimum absolute atomic E-state index is 0.167. The van der Waals surface area contributed by atoms with E-state index < -0.39 is 26.5 Å². The zero-order valence-corrected chi connectivity index (χ0v) is 16.8. The molecule has 1 amide bonds. The Labute approximate surface area is 173 Å². The molecular formula is C19H21FN4O5S. The molecule has 1 aliphatic heterocycles. The molecule has 160 valence electrons. The third-order valence-electron chi connectivity index (χ3n) is 4.77. The maximum atomic E-state index is 13.2. The van der Waals surface area contributed by atoms with Crippen molar-refractivity contribution in [1.82, 2.24) is 9.21 Å². The second-order valence-corrected chi connectivity index (χ2v) is 8.69. The Kier molecular flexibility index (Phi) is 6.75. The molecule has 0 saturated carbocycles. The predicted molar refractivity (Wildman–Crippen MR) is 108 cm³/mol. The second kappa shape index (κ2) is 9.28. The molecule has 1 N–H and O–H groups in total. The molecule has 1 heterocycles. The van der Waals surface area contributed by atoms with Crippen molar-refractivity contribution >= 4 is 27.3 Å². The van der Waals surface area contributed by atoms with E-state index in [2.05, 4.69) is 5.32 Å². The van der Waals surface area contributed by atoms with Crippen LogP contribution >= 0.6 is 0 Å². The maximum Gasteiger partial charge on any atom is 0.289 e. The fourth-order valence-electron chi connectivity index (χ4n) is 3.21. The summed E-state index contributed by atoms with van der Waals surface area (Å²) in [7, 11) is -3.99. The number of nitro groups is 1. The lowest BCUT2D eigenvalue weighted by Crippen LogP contribution is -2.49. The molecule has 1 saturated heterocycles. The number of piperazine rings is 1.